The fraction of sp³-hybridized carbons (Fsp3) is 0.600. The second-order valence-electron chi connectivity index (χ2n) is 4.76. The normalized spacial score (nSPS) is 15.7. The smallest absolute Gasteiger partial charge is 0.161 e. The molecule has 0 aliphatic heterocycles. The highest BCUT2D eigenvalue weighted by atomic mass is 16.7. The Bertz CT molecular complexity index is 389. The lowest BCUT2D eigenvalue weighted by Crippen LogP contribution is -2.21. The molecular weight excluding hydrogens is 242 g/mol. The van der Waals surface area contributed by atoms with Crippen molar-refractivity contribution >= 4 is 0 Å². The van der Waals surface area contributed by atoms with Gasteiger partial charge in [-0.3, -0.25) is 4.84 Å². The van der Waals surface area contributed by atoms with Crippen molar-refractivity contribution in [3.63, 3.8) is 0 Å². The van der Waals surface area contributed by atoms with Gasteiger partial charge in [-0.25, -0.2) is 0 Å². The van der Waals surface area contributed by atoms with Crippen molar-refractivity contribution in [1.29, 1.82) is 0 Å². The minimum absolute atomic E-state index is 0.379. The fourth-order valence-corrected chi connectivity index (χ4v) is 2.35. The van der Waals surface area contributed by atoms with Crippen LogP contribution >= 0.6 is 0 Å². The van der Waals surface area contributed by atoms with E-state index in [1.54, 1.807) is 7.11 Å². The van der Waals surface area contributed by atoms with E-state index >= 15 is 0 Å². The molecule has 4 nitrogen and oxygen atoms in total. The van der Waals surface area contributed by atoms with Crippen LogP contribution in [0.3, 0.4) is 0 Å². The van der Waals surface area contributed by atoms with Crippen molar-refractivity contribution in [1.82, 2.24) is 5.48 Å². The van der Waals surface area contributed by atoms with Crippen LogP contribution in [0.5, 0.6) is 11.5 Å². The molecule has 1 fully saturated rings. The summed E-state index contributed by atoms with van der Waals surface area (Å²) in [4.78, 5) is 5.64. The number of hydroxylamine groups is 1. The lowest BCUT2D eigenvalue weighted by molar-refractivity contribution is -0.0244. The van der Waals surface area contributed by atoms with Crippen molar-refractivity contribution in [2.24, 2.45) is 0 Å². The predicted octanol–water partition coefficient (Wildman–Crippen LogP) is 3.06. The average molecular weight is 265 g/mol. The van der Waals surface area contributed by atoms with Crippen molar-refractivity contribution in [2.75, 3.05) is 13.7 Å². The summed E-state index contributed by atoms with van der Waals surface area (Å²) in [7, 11) is 1.65. The lowest BCUT2D eigenvalue weighted by atomic mass is 10.2. The Morgan fingerprint density at radius 3 is 2.68 bits per heavy atom. The zero-order valence-electron chi connectivity index (χ0n) is 11.8. The Morgan fingerprint density at radius 2 is 2.00 bits per heavy atom. The van der Waals surface area contributed by atoms with E-state index < -0.39 is 0 Å². The van der Waals surface area contributed by atoms with Crippen LogP contribution in [0.15, 0.2) is 18.2 Å². The summed E-state index contributed by atoms with van der Waals surface area (Å²) >= 11 is 0. The lowest BCUT2D eigenvalue weighted by Gasteiger charge is -2.13. The molecule has 0 amide bonds. The van der Waals surface area contributed by atoms with E-state index in [1.807, 2.05) is 25.1 Å². The molecule has 19 heavy (non-hydrogen) atoms. The van der Waals surface area contributed by atoms with Gasteiger partial charge < -0.3 is 9.47 Å². The molecule has 1 aliphatic rings. The third-order valence-electron chi connectivity index (χ3n) is 3.36. The Kier molecular flexibility index (Phi) is 5.48. The van der Waals surface area contributed by atoms with Crippen LogP contribution in [0.25, 0.3) is 0 Å². The summed E-state index contributed by atoms with van der Waals surface area (Å²) in [6, 6.07) is 5.94. The van der Waals surface area contributed by atoms with Crippen molar-refractivity contribution < 1.29 is 14.3 Å². The van der Waals surface area contributed by atoms with Gasteiger partial charge in [0.15, 0.2) is 11.5 Å². The first-order chi connectivity index (χ1) is 9.33. The number of rotatable bonds is 7. The quantitative estimate of drug-likeness (QED) is 0.769. The molecule has 1 saturated carbocycles. The number of nitrogens with one attached hydrogen (secondary N) is 1. The molecule has 106 valence electrons. The topological polar surface area (TPSA) is 39.7 Å². The first kappa shape index (κ1) is 14.2. The van der Waals surface area contributed by atoms with Crippen LogP contribution in [-0.2, 0) is 11.4 Å². The second kappa shape index (κ2) is 7.36. The van der Waals surface area contributed by atoms with E-state index in [4.69, 9.17) is 14.3 Å². The van der Waals surface area contributed by atoms with Crippen LogP contribution in [0.4, 0.5) is 0 Å². The summed E-state index contributed by atoms with van der Waals surface area (Å²) in [5.74, 6) is 1.55. The standard InChI is InChI=1S/C15H23NO3/c1-3-18-15-10-12(8-9-14(15)17-2)11-16-19-13-6-4-5-7-13/h8-10,13,16H,3-7,11H2,1-2H3. The molecule has 0 heterocycles. The SMILES string of the molecule is CCOc1cc(CNOC2CCCC2)ccc1OC. The van der Waals surface area contributed by atoms with E-state index in [9.17, 15) is 0 Å². The van der Waals surface area contributed by atoms with Gasteiger partial charge in [0.25, 0.3) is 0 Å². The Hall–Kier alpha value is -1.26. The highest BCUT2D eigenvalue weighted by Crippen LogP contribution is 2.28. The van der Waals surface area contributed by atoms with E-state index in [2.05, 4.69) is 5.48 Å². The maximum atomic E-state index is 5.64. The molecule has 1 aromatic carbocycles. The monoisotopic (exact) mass is 265 g/mol. The van der Waals surface area contributed by atoms with Gasteiger partial charge in [0.1, 0.15) is 0 Å². The van der Waals surface area contributed by atoms with E-state index in [0.29, 0.717) is 19.3 Å². The number of benzene rings is 1. The van der Waals surface area contributed by atoms with Crippen LogP contribution < -0.4 is 15.0 Å². The number of methoxy groups -OCH3 is 1. The minimum Gasteiger partial charge on any atom is -0.493 e. The van der Waals surface area contributed by atoms with Gasteiger partial charge in [-0.05, 0) is 37.5 Å². The number of ether oxygens (including phenoxy) is 2. The van der Waals surface area contributed by atoms with E-state index in [1.165, 1.54) is 25.7 Å². The Labute approximate surface area is 115 Å². The maximum Gasteiger partial charge on any atom is 0.161 e. The molecule has 0 saturated heterocycles. The van der Waals surface area contributed by atoms with Crippen LogP contribution in [0.1, 0.15) is 38.2 Å². The molecule has 1 aliphatic carbocycles. The first-order valence-electron chi connectivity index (χ1n) is 7.01. The molecule has 0 spiro atoms. The van der Waals surface area contributed by atoms with Crippen LogP contribution in [0, 0.1) is 0 Å². The minimum atomic E-state index is 0.379. The maximum absolute atomic E-state index is 5.64. The molecule has 1 N–H and O–H groups in total. The van der Waals surface area contributed by atoms with Crippen LogP contribution in [-0.4, -0.2) is 19.8 Å². The zero-order chi connectivity index (χ0) is 13.5. The molecule has 1 aromatic rings. The highest BCUT2D eigenvalue weighted by Gasteiger charge is 2.15. The molecule has 0 unspecified atom stereocenters. The number of hydrogen-bond donors (Lipinski definition) is 1. The van der Waals surface area contributed by atoms with Gasteiger partial charge in [-0.15, -0.1) is 0 Å². The summed E-state index contributed by atoms with van der Waals surface area (Å²) in [6.07, 6.45) is 5.27. The molecular formula is C15H23NO3. The highest BCUT2D eigenvalue weighted by molar-refractivity contribution is 5.42. The molecule has 0 radical (unpaired) electrons. The van der Waals surface area contributed by atoms with Crippen molar-refractivity contribution in [2.45, 2.75) is 45.3 Å². The third kappa shape index (κ3) is 4.11. The average Bonchev–Trinajstić information content (AvgIpc) is 2.93. The van der Waals surface area contributed by atoms with Gasteiger partial charge in [-0.2, -0.15) is 5.48 Å². The van der Waals surface area contributed by atoms with Crippen LogP contribution in [0.2, 0.25) is 0 Å². The van der Waals surface area contributed by atoms with Gasteiger partial charge in [0, 0.05) is 6.54 Å². The predicted molar refractivity (Wildman–Crippen MR) is 74.3 cm³/mol. The third-order valence-corrected chi connectivity index (χ3v) is 3.36. The van der Waals surface area contributed by atoms with Gasteiger partial charge in [0.2, 0.25) is 0 Å². The second-order valence-corrected chi connectivity index (χ2v) is 4.76. The molecule has 4 heteroatoms. The van der Waals surface area contributed by atoms with Crippen molar-refractivity contribution in [3.8, 4) is 11.5 Å². The summed E-state index contributed by atoms with van der Waals surface area (Å²) in [5, 5.41) is 0. The summed E-state index contributed by atoms with van der Waals surface area (Å²) in [5.41, 5.74) is 4.18. The summed E-state index contributed by atoms with van der Waals surface area (Å²) < 4.78 is 10.8. The van der Waals surface area contributed by atoms with E-state index in [-0.39, 0.29) is 0 Å². The Morgan fingerprint density at radius 1 is 1.21 bits per heavy atom. The fourth-order valence-electron chi connectivity index (χ4n) is 2.35. The molecule has 0 atom stereocenters. The summed E-state index contributed by atoms with van der Waals surface area (Å²) in [6.45, 7) is 3.28. The number of hydrogen-bond acceptors (Lipinski definition) is 4. The molecule has 0 aromatic heterocycles. The van der Waals surface area contributed by atoms with Crippen molar-refractivity contribution in [3.05, 3.63) is 23.8 Å². The molecule has 0 bridgehead atoms. The van der Waals surface area contributed by atoms with Gasteiger partial charge in [-0.1, -0.05) is 18.9 Å². The largest absolute Gasteiger partial charge is 0.493 e. The van der Waals surface area contributed by atoms with E-state index in [0.717, 1.165) is 17.1 Å². The zero-order valence-corrected chi connectivity index (χ0v) is 11.8. The first-order valence-corrected chi connectivity index (χ1v) is 7.01. The molecule has 2 rings (SSSR count). The van der Waals surface area contributed by atoms with Gasteiger partial charge >= 0.3 is 0 Å². The van der Waals surface area contributed by atoms with Gasteiger partial charge in [0.05, 0.1) is 19.8 Å². The Balaban J connectivity index is 1.86.